The van der Waals surface area contributed by atoms with Crippen LogP contribution < -0.4 is 9.64 Å². The number of rotatable bonds is 3. The van der Waals surface area contributed by atoms with E-state index in [0.717, 1.165) is 41.4 Å². The monoisotopic (exact) mass is 325 g/mol. The first kappa shape index (κ1) is 15.0. The Balaban J connectivity index is 1.63. The van der Waals surface area contributed by atoms with Crippen LogP contribution in [-0.4, -0.2) is 35.8 Å². The van der Waals surface area contributed by atoms with Gasteiger partial charge in [0, 0.05) is 42.8 Å². The summed E-state index contributed by atoms with van der Waals surface area (Å²) in [5, 5.41) is 0. The van der Waals surface area contributed by atoms with Gasteiger partial charge >= 0.3 is 0 Å². The highest BCUT2D eigenvalue weighted by molar-refractivity contribution is 5.66. The molecule has 1 aromatic carbocycles. The van der Waals surface area contributed by atoms with E-state index in [4.69, 9.17) is 9.72 Å². The second kappa shape index (κ2) is 6.15. The molecule has 0 amide bonds. The third-order valence-corrected chi connectivity index (χ3v) is 4.62. The quantitative estimate of drug-likeness (QED) is 0.730. The molecule has 3 aromatic rings. The van der Waals surface area contributed by atoms with Gasteiger partial charge in [-0.1, -0.05) is 0 Å². The van der Waals surface area contributed by atoms with Gasteiger partial charge in [-0.05, 0) is 43.2 Å². The molecule has 0 unspecified atom stereocenters. The van der Waals surface area contributed by atoms with Crippen LogP contribution in [0.1, 0.15) is 12.8 Å². The van der Waals surface area contributed by atoms with E-state index in [9.17, 15) is 4.39 Å². The number of hydrogen-bond donors (Lipinski definition) is 0. The maximum Gasteiger partial charge on any atom is 0.139 e. The van der Waals surface area contributed by atoms with E-state index in [0.29, 0.717) is 12.8 Å². The molecule has 1 aliphatic heterocycles. The fourth-order valence-electron chi connectivity index (χ4n) is 3.17. The second-order valence-corrected chi connectivity index (χ2v) is 6.17. The summed E-state index contributed by atoms with van der Waals surface area (Å²) in [6, 6.07) is 12.0. The van der Waals surface area contributed by atoms with E-state index >= 15 is 0 Å². The zero-order chi connectivity index (χ0) is 16.5. The Morgan fingerprint density at radius 2 is 1.88 bits per heavy atom. The van der Waals surface area contributed by atoms with Crippen molar-refractivity contribution in [1.82, 2.24) is 9.38 Å². The van der Waals surface area contributed by atoms with E-state index in [2.05, 4.69) is 17.0 Å². The Hall–Kier alpha value is -2.56. The zero-order valence-corrected chi connectivity index (χ0v) is 13.7. The molecule has 1 fully saturated rings. The Kier molecular flexibility index (Phi) is 3.84. The molecule has 0 spiro atoms. The number of alkyl halides is 1. The Morgan fingerprint density at radius 1 is 1.12 bits per heavy atom. The van der Waals surface area contributed by atoms with E-state index in [1.807, 2.05) is 41.1 Å². The molecule has 5 heteroatoms. The summed E-state index contributed by atoms with van der Waals surface area (Å²) < 4.78 is 20.5. The Morgan fingerprint density at radius 3 is 2.58 bits per heavy atom. The number of piperidine rings is 1. The van der Waals surface area contributed by atoms with Gasteiger partial charge in [-0.2, -0.15) is 0 Å². The second-order valence-electron chi connectivity index (χ2n) is 6.17. The topological polar surface area (TPSA) is 29.8 Å². The van der Waals surface area contributed by atoms with Gasteiger partial charge in [0.25, 0.3) is 0 Å². The highest BCUT2D eigenvalue weighted by Gasteiger charge is 2.19. The highest BCUT2D eigenvalue weighted by Crippen LogP contribution is 2.26. The zero-order valence-electron chi connectivity index (χ0n) is 13.7. The summed E-state index contributed by atoms with van der Waals surface area (Å²) >= 11 is 0. The molecule has 124 valence electrons. The van der Waals surface area contributed by atoms with Gasteiger partial charge in [0.05, 0.1) is 12.8 Å². The van der Waals surface area contributed by atoms with E-state index in [1.54, 1.807) is 7.11 Å². The summed E-state index contributed by atoms with van der Waals surface area (Å²) in [4.78, 5) is 6.96. The molecular weight excluding hydrogens is 305 g/mol. The van der Waals surface area contributed by atoms with Crippen LogP contribution in [0, 0.1) is 0 Å². The molecule has 4 nitrogen and oxygen atoms in total. The predicted molar refractivity (Wildman–Crippen MR) is 93.5 cm³/mol. The third kappa shape index (κ3) is 2.82. The van der Waals surface area contributed by atoms with Gasteiger partial charge in [0.1, 0.15) is 17.6 Å². The van der Waals surface area contributed by atoms with Gasteiger partial charge in [-0.25, -0.2) is 9.37 Å². The van der Waals surface area contributed by atoms with Crippen LogP contribution in [0.3, 0.4) is 0 Å². The molecule has 0 radical (unpaired) electrons. The maximum absolute atomic E-state index is 13.3. The molecular formula is C19H20FN3O. The SMILES string of the molecule is COc1ccc(-c2cn3ccc(N4CCC(F)CC4)cc3n2)cc1. The van der Waals surface area contributed by atoms with Crippen molar-refractivity contribution < 1.29 is 9.13 Å². The molecule has 24 heavy (non-hydrogen) atoms. The number of pyridine rings is 1. The lowest BCUT2D eigenvalue weighted by atomic mass is 10.1. The van der Waals surface area contributed by atoms with E-state index in [1.165, 1.54) is 0 Å². The summed E-state index contributed by atoms with van der Waals surface area (Å²) in [7, 11) is 1.66. The van der Waals surface area contributed by atoms with Crippen LogP contribution in [0.25, 0.3) is 16.9 Å². The first-order valence-electron chi connectivity index (χ1n) is 8.25. The minimum Gasteiger partial charge on any atom is -0.497 e. The number of fused-ring (bicyclic) bond motifs is 1. The first-order chi connectivity index (χ1) is 11.7. The lowest BCUT2D eigenvalue weighted by Crippen LogP contribution is -2.34. The van der Waals surface area contributed by atoms with E-state index < -0.39 is 6.17 Å². The fraction of sp³-hybridized carbons (Fsp3) is 0.316. The number of imidazole rings is 1. The summed E-state index contributed by atoms with van der Waals surface area (Å²) in [6.07, 6.45) is 4.60. The minimum atomic E-state index is -0.655. The van der Waals surface area contributed by atoms with Crippen molar-refractivity contribution >= 4 is 11.3 Å². The van der Waals surface area contributed by atoms with Gasteiger partial charge in [-0.15, -0.1) is 0 Å². The van der Waals surface area contributed by atoms with Crippen molar-refractivity contribution in [3.05, 3.63) is 48.8 Å². The van der Waals surface area contributed by atoms with Gasteiger partial charge in [0.2, 0.25) is 0 Å². The lowest BCUT2D eigenvalue weighted by Gasteiger charge is -2.30. The number of hydrogen-bond acceptors (Lipinski definition) is 3. The predicted octanol–water partition coefficient (Wildman–Crippen LogP) is 3.95. The van der Waals surface area contributed by atoms with Gasteiger partial charge < -0.3 is 14.0 Å². The number of benzene rings is 1. The van der Waals surface area contributed by atoms with E-state index in [-0.39, 0.29) is 0 Å². The van der Waals surface area contributed by atoms with Gasteiger partial charge in [0.15, 0.2) is 0 Å². The van der Waals surface area contributed by atoms with Crippen molar-refractivity contribution in [3.63, 3.8) is 0 Å². The number of methoxy groups -OCH3 is 1. The van der Waals surface area contributed by atoms with Crippen molar-refractivity contribution in [2.24, 2.45) is 0 Å². The van der Waals surface area contributed by atoms with Crippen LogP contribution in [0.5, 0.6) is 5.75 Å². The molecule has 3 heterocycles. The number of ether oxygens (including phenoxy) is 1. The van der Waals surface area contributed by atoms with Crippen LogP contribution in [-0.2, 0) is 0 Å². The van der Waals surface area contributed by atoms with Crippen molar-refractivity contribution in [2.45, 2.75) is 19.0 Å². The number of nitrogens with zero attached hydrogens (tertiary/aromatic N) is 3. The van der Waals surface area contributed by atoms with Crippen LogP contribution >= 0.6 is 0 Å². The standard InChI is InChI=1S/C19H20FN3O/c1-24-17-4-2-14(3-5-17)18-13-23-11-8-16(12-19(23)21-18)22-9-6-15(20)7-10-22/h2-5,8,11-13,15H,6-7,9-10H2,1H3. The lowest BCUT2D eigenvalue weighted by molar-refractivity contribution is 0.277. The van der Waals surface area contributed by atoms with Crippen molar-refractivity contribution in [3.8, 4) is 17.0 Å². The Bertz CT molecular complexity index is 835. The average Bonchev–Trinajstić information content (AvgIpc) is 3.05. The fourth-order valence-corrected chi connectivity index (χ4v) is 3.17. The Labute approximate surface area is 140 Å². The average molecular weight is 325 g/mol. The highest BCUT2D eigenvalue weighted by atomic mass is 19.1. The number of halogens is 1. The molecule has 0 bridgehead atoms. The molecule has 1 saturated heterocycles. The molecule has 0 N–H and O–H groups in total. The minimum absolute atomic E-state index is 0.608. The molecule has 0 atom stereocenters. The molecule has 4 rings (SSSR count). The number of aromatic nitrogens is 2. The summed E-state index contributed by atoms with van der Waals surface area (Å²) in [5.41, 5.74) is 4.00. The van der Waals surface area contributed by atoms with Crippen molar-refractivity contribution in [1.29, 1.82) is 0 Å². The number of anilines is 1. The molecule has 1 aliphatic rings. The summed E-state index contributed by atoms with van der Waals surface area (Å²) in [6.45, 7) is 1.53. The van der Waals surface area contributed by atoms with Crippen LogP contribution in [0.2, 0.25) is 0 Å². The molecule has 2 aromatic heterocycles. The van der Waals surface area contributed by atoms with Crippen LogP contribution in [0.15, 0.2) is 48.8 Å². The molecule has 0 saturated carbocycles. The first-order valence-corrected chi connectivity index (χ1v) is 8.25. The normalized spacial score (nSPS) is 15.8. The van der Waals surface area contributed by atoms with Gasteiger partial charge in [-0.3, -0.25) is 0 Å². The largest absolute Gasteiger partial charge is 0.497 e. The molecule has 0 aliphatic carbocycles. The van der Waals surface area contributed by atoms with Crippen LogP contribution in [0.4, 0.5) is 10.1 Å². The smallest absolute Gasteiger partial charge is 0.139 e. The third-order valence-electron chi connectivity index (χ3n) is 4.62. The summed E-state index contributed by atoms with van der Waals surface area (Å²) in [5.74, 6) is 0.834. The maximum atomic E-state index is 13.3. The van der Waals surface area contributed by atoms with Crippen molar-refractivity contribution in [2.75, 3.05) is 25.1 Å².